The van der Waals surface area contributed by atoms with Gasteiger partial charge in [0.2, 0.25) is 0 Å². The quantitative estimate of drug-likeness (QED) is 0.415. The fourth-order valence-corrected chi connectivity index (χ4v) is 1.59. The normalized spacial score (nSPS) is 14.2. The molecule has 0 aliphatic carbocycles. The Morgan fingerprint density at radius 3 is 2.47 bits per heavy atom. The molecular weight excluding hydrogens is 222 g/mol. The first-order valence-corrected chi connectivity index (χ1v) is 5.51. The molecular formula is C12H17NO4. The lowest BCUT2D eigenvalue weighted by Gasteiger charge is -2.28. The van der Waals surface area contributed by atoms with E-state index in [-0.39, 0.29) is 0 Å². The molecule has 1 unspecified atom stereocenters. The number of hydrogen-bond acceptors (Lipinski definition) is 4. The van der Waals surface area contributed by atoms with Crippen LogP contribution in [-0.4, -0.2) is 25.2 Å². The van der Waals surface area contributed by atoms with Crippen molar-refractivity contribution >= 4 is 0 Å². The Morgan fingerprint density at radius 2 is 2.00 bits per heavy atom. The molecule has 0 aliphatic heterocycles. The number of hydrogen-bond donors (Lipinski definition) is 0. The molecule has 1 aromatic rings. The van der Waals surface area contributed by atoms with Gasteiger partial charge in [0.15, 0.2) is 0 Å². The van der Waals surface area contributed by atoms with Crippen LogP contribution in [0, 0.1) is 10.1 Å². The van der Waals surface area contributed by atoms with Gasteiger partial charge in [-0.2, -0.15) is 0 Å². The smallest absolute Gasteiger partial charge is 0.261 e. The van der Waals surface area contributed by atoms with Crippen molar-refractivity contribution in [2.24, 2.45) is 0 Å². The van der Waals surface area contributed by atoms with Gasteiger partial charge in [0.25, 0.3) is 12.3 Å². The highest BCUT2D eigenvalue weighted by atomic mass is 16.7. The number of methoxy groups -OCH3 is 1. The van der Waals surface area contributed by atoms with E-state index in [0.29, 0.717) is 12.2 Å². The third-order valence-electron chi connectivity index (χ3n) is 2.42. The van der Waals surface area contributed by atoms with Gasteiger partial charge in [-0.15, -0.1) is 0 Å². The maximum atomic E-state index is 10.8. The van der Waals surface area contributed by atoms with E-state index in [1.165, 1.54) is 7.11 Å². The Hall–Kier alpha value is -1.46. The molecule has 5 nitrogen and oxygen atoms in total. The fourth-order valence-electron chi connectivity index (χ4n) is 1.59. The zero-order chi connectivity index (χ0) is 12.7. The first-order valence-electron chi connectivity index (χ1n) is 5.51. The summed E-state index contributed by atoms with van der Waals surface area (Å²) in [4.78, 5) is 10.3. The van der Waals surface area contributed by atoms with E-state index in [1.807, 2.05) is 13.0 Å². The van der Waals surface area contributed by atoms with Crippen molar-refractivity contribution in [2.75, 3.05) is 20.3 Å². The van der Waals surface area contributed by atoms with E-state index in [4.69, 9.17) is 9.47 Å². The number of nitrogens with zero attached hydrogens (tertiary/aromatic N) is 1. The second-order valence-corrected chi connectivity index (χ2v) is 3.66. The molecule has 0 fully saturated rings. The topological polar surface area (TPSA) is 61.6 Å². The van der Waals surface area contributed by atoms with Crippen molar-refractivity contribution in [2.45, 2.75) is 19.1 Å². The van der Waals surface area contributed by atoms with E-state index < -0.39 is 17.3 Å². The van der Waals surface area contributed by atoms with Gasteiger partial charge < -0.3 is 9.47 Å². The molecule has 17 heavy (non-hydrogen) atoms. The van der Waals surface area contributed by atoms with Gasteiger partial charge >= 0.3 is 0 Å². The molecule has 94 valence electrons. The molecule has 0 spiro atoms. The first-order chi connectivity index (χ1) is 8.14. The molecule has 0 aliphatic rings. The zero-order valence-electron chi connectivity index (χ0n) is 10.1. The molecule has 0 radical (unpaired) electrons. The number of ether oxygens (including phenoxy) is 2. The highest BCUT2D eigenvalue weighted by molar-refractivity contribution is 5.20. The van der Waals surface area contributed by atoms with Gasteiger partial charge in [-0.1, -0.05) is 37.3 Å². The summed E-state index contributed by atoms with van der Waals surface area (Å²) in [6.45, 7) is 1.95. The molecule has 1 rings (SSSR count). The van der Waals surface area contributed by atoms with Gasteiger partial charge in [0.05, 0.1) is 6.61 Å². The van der Waals surface area contributed by atoms with E-state index in [1.54, 1.807) is 24.3 Å². The minimum atomic E-state index is -1.29. The van der Waals surface area contributed by atoms with Crippen LogP contribution in [0.25, 0.3) is 0 Å². The van der Waals surface area contributed by atoms with E-state index in [0.717, 1.165) is 6.42 Å². The molecule has 1 aromatic carbocycles. The third kappa shape index (κ3) is 3.51. The molecule has 0 saturated heterocycles. The average Bonchev–Trinajstić information content (AvgIpc) is 2.35. The largest absolute Gasteiger partial charge is 0.344 e. The van der Waals surface area contributed by atoms with Gasteiger partial charge in [-0.25, -0.2) is 0 Å². The molecule has 1 atom stereocenters. The van der Waals surface area contributed by atoms with Gasteiger partial charge in [0.1, 0.15) is 0 Å². The van der Waals surface area contributed by atoms with Crippen LogP contribution in [0.5, 0.6) is 0 Å². The van der Waals surface area contributed by atoms with Crippen molar-refractivity contribution < 1.29 is 14.4 Å². The van der Waals surface area contributed by atoms with Crippen molar-refractivity contribution in [3.8, 4) is 0 Å². The molecule has 0 bridgehead atoms. The van der Waals surface area contributed by atoms with Gasteiger partial charge in [-0.05, 0) is 6.42 Å². The van der Waals surface area contributed by atoms with Crippen LogP contribution in [0.3, 0.4) is 0 Å². The molecule has 0 heterocycles. The Bertz CT molecular complexity index is 355. The van der Waals surface area contributed by atoms with Crippen LogP contribution in [-0.2, 0) is 15.3 Å². The monoisotopic (exact) mass is 239 g/mol. The average molecular weight is 239 g/mol. The van der Waals surface area contributed by atoms with Crippen LogP contribution in [0.1, 0.15) is 18.9 Å². The third-order valence-corrected chi connectivity index (χ3v) is 2.42. The molecule has 0 aromatic heterocycles. The first kappa shape index (κ1) is 13.6. The maximum Gasteiger partial charge on any atom is 0.261 e. The summed E-state index contributed by atoms with van der Waals surface area (Å²) in [6, 6.07) is 8.98. The standard InChI is InChI=1S/C12H17NO4/c1-3-9-17-12(16-2,10-13(14)15)11-7-5-4-6-8-11/h4-8H,3,9-10H2,1-2H3. The SMILES string of the molecule is CCCOC(C[N+](=O)[O-])(OC)c1ccccc1. The van der Waals surface area contributed by atoms with Crippen LogP contribution in [0.4, 0.5) is 0 Å². The van der Waals surface area contributed by atoms with Crippen LogP contribution >= 0.6 is 0 Å². The summed E-state index contributed by atoms with van der Waals surface area (Å²) in [6.07, 6.45) is 0.773. The van der Waals surface area contributed by atoms with Crippen LogP contribution in [0.15, 0.2) is 30.3 Å². The lowest BCUT2D eigenvalue weighted by molar-refractivity contribution is -0.525. The molecule has 5 heteroatoms. The highest BCUT2D eigenvalue weighted by Crippen LogP contribution is 2.27. The van der Waals surface area contributed by atoms with Crippen molar-refractivity contribution in [3.05, 3.63) is 46.0 Å². The Labute approximate surface area is 101 Å². The Balaban J connectivity index is 3.01. The molecule has 0 saturated carbocycles. The summed E-state index contributed by atoms with van der Waals surface area (Å²) in [5.74, 6) is -1.29. The van der Waals surface area contributed by atoms with Crippen molar-refractivity contribution in [3.63, 3.8) is 0 Å². The Morgan fingerprint density at radius 1 is 1.35 bits per heavy atom. The molecule has 0 N–H and O–H groups in total. The number of benzene rings is 1. The van der Waals surface area contributed by atoms with E-state index >= 15 is 0 Å². The Kier molecular flexibility index (Phi) is 5.06. The van der Waals surface area contributed by atoms with Gasteiger partial charge in [0, 0.05) is 17.6 Å². The number of rotatable bonds is 7. The number of nitro groups is 1. The highest BCUT2D eigenvalue weighted by Gasteiger charge is 2.39. The van der Waals surface area contributed by atoms with Crippen molar-refractivity contribution in [1.82, 2.24) is 0 Å². The lowest BCUT2D eigenvalue weighted by atomic mass is 10.1. The van der Waals surface area contributed by atoms with E-state index in [2.05, 4.69) is 0 Å². The van der Waals surface area contributed by atoms with E-state index in [9.17, 15) is 10.1 Å². The zero-order valence-corrected chi connectivity index (χ0v) is 10.1. The minimum Gasteiger partial charge on any atom is -0.344 e. The fraction of sp³-hybridized carbons (Fsp3) is 0.500. The predicted octanol–water partition coefficient (Wildman–Crippen LogP) is 2.19. The summed E-state index contributed by atoms with van der Waals surface area (Å²) >= 11 is 0. The second kappa shape index (κ2) is 6.32. The second-order valence-electron chi connectivity index (χ2n) is 3.66. The predicted molar refractivity (Wildman–Crippen MR) is 63.2 cm³/mol. The van der Waals surface area contributed by atoms with Crippen LogP contribution < -0.4 is 0 Å². The summed E-state index contributed by atoms with van der Waals surface area (Å²) in [5, 5.41) is 10.8. The summed E-state index contributed by atoms with van der Waals surface area (Å²) in [7, 11) is 1.42. The summed E-state index contributed by atoms with van der Waals surface area (Å²) < 4.78 is 10.8. The minimum absolute atomic E-state index is 0.409. The molecule has 0 amide bonds. The maximum absolute atomic E-state index is 10.8. The van der Waals surface area contributed by atoms with Crippen molar-refractivity contribution in [1.29, 1.82) is 0 Å². The lowest BCUT2D eigenvalue weighted by Crippen LogP contribution is -2.39. The van der Waals surface area contributed by atoms with Gasteiger partial charge in [-0.3, -0.25) is 10.1 Å². The summed E-state index contributed by atoms with van der Waals surface area (Å²) in [5.41, 5.74) is 0.660. The van der Waals surface area contributed by atoms with Crippen LogP contribution in [0.2, 0.25) is 0 Å².